The molecule has 0 aliphatic carbocycles. The standard InChI is InChI=1S/C19H19N3O3S/c1-19(2,18(24)20-13-6-8-14(26-3)9-7-13)22-17(23)11-10-15(21-22)16-5-4-12-25-16/h4-12H,1-3H3,(H,20,24). The molecule has 0 aliphatic heterocycles. The van der Waals surface area contributed by atoms with Crippen molar-refractivity contribution < 1.29 is 9.21 Å². The fourth-order valence-electron chi connectivity index (χ4n) is 2.42. The second kappa shape index (κ2) is 7.21. The molecular weight excluding hydrogens is 350 g/mol. The van der Waals surface area contributed by atoms with Crippen LogP contribution in [-0.4, -0.2) is 21.9 Å². The van der Waals surface area contributed by atoms with Crippen LogP contribution in [-0.2, 0) is 10.3 Å². The first-order valence-corrected chi connectivity index (χ1v) is 9.24. The summed E-state index contributed by atoms with van der Waals surface area (Å²) in [6, 6.07) is 14.0. The first-order chi connectivity index (χ1) is 12.4. The quantitative estimate of drug-likeness (QED) is 0.696. The largest absolute Gasteiger partial charge is 0.463 e. The van der Waals surface area contributed by atoms with Crippen molar-refractivity contribution in [1.82, 2.24) is 9.78 Å². The molecule has 3 aromatic rings. The van der Waals surface area contributed by atoms with Crippen LogP contribution in [0.25, 0.3) is 11.5 Å². The second-order valence-electron chi connectivity index (χ2n) is 6.19. The van der Waals surface area contributed by atoms with Gasteiger partial charge < -0.3 is 9.73 Å². The average Bonchev–Trinajstić information content (AvgIpc) is 3.17. The van der Waals surface area contributed by atoms with Gasteiger partial charge >= 0.3 is 0 Å². The Hall–Kier alpha value is -2.80. The van der Waals surface area contributed by atoms with Gasteiger partial charge in [-0.25, -0.2) is 4.68 Å². The Labute approximate surface area is 155 Å². The molecule has 0 bridgehead atoms. The van der Waals surface area contributed by atoms with Crippen LogP contribution in [0.1, 0.15) is 13.8 Å². The molecule has 2 aromatic heterocycles. The van der Waals surface area contributed by atoms with E-state index in [1.54, 1.807) is 43.8 Å². The first-order valence-electron chi connectivity index (χ1n) is 8.02. The molecule has 1 N–H and O–H groups in total. The molecule has 0 aliphatic rings. The van der Waals surface area contributed by atoms with Crippen molar-refractivity contribution in [2.75, 3.05) is 11.6 Å². The Morgan fingerprint density at radius 1 is 1.15 bits per heavy atom. The summed E-state index contributed by atoms with van der Waals surface area (Å²) >= 11 is 1.62. The van der Waals surface area contributed by atoms with Crippen molar-refractivity contribution in [2.24, 2.45) is 0 Å². The zero-order chi connectivity index (χ0) is 18.7. The van der Waals surface area contributed by atoms with E-state index in [0.717, 1.165) is 4.90 Å². The summed E-state index contributed by atoms with van der Waals surface area (Å²) in [5, 5.41) is 7.16. The summed E-state index contributed by atoms with van der Waals surface area (Å²) in [5.41, 5.74) is -0.396. The van der Waals surface area contributed by atoms with Gasteiger partial charge in [0.05, 0.1) is 6.26 Å². The van der Waals surface area contributed by atoms with Gasteiger partial charge in [-0.1, -0.05) is 0 Å². The molecule has 0 saturated carbocycles. The number of benzene rings is 1. The topological polar surface area (TPSA) is 77.1 Å². The highest BCUT2D eigenvalue weighted by molar-refractivity contribution is 7.98. The van der Waals surface area contributed by atoms with E-state index in [1.165, 1.54) is 17.0 Å². The SMILES string of the molecule is CSc1ccc(NC(=O)C(C)(C)n2nc(-c3ccco3)ccc2=O)cc1. The normalized spacial score (nSPS) is 11.3. The van der Waals surface area contributed by atoms with E-state index < -0.39 is 5.54 Å². The molecule has 1 aromatic carbocycles. The molecule has 1 amide bonds. The van der Waals surface area contributed by atoms with Crippen LogP contribution in [0.3, 0.4) is 0 Å². The monoisotopic (exact) mass is 369 g/mol. The van der Waals surface area contributed by atoms with Gasteiger partial charge in [-0.15, -0.1) is 11.8 Å². The van der Waals surface area contributed by atoms with Gasteiger partial charge in [-0.2, -0.15) is 5.10 Å². The van der Waals surface area contributed by atoms with E-state index in [4.69, 9.17) is 4.42 Å². The van der Waals surface area contributed by atoms with E-state index in [9.17, 15) is 9.59 Å². The molecule has 2 heterocycles. The van der Waals surface area contributed by atoms with Crippen LogP contribution in [0.4, 0.5) is 5.69 Å². The number of carbonyl (C=O) groups excluding carboxylic acids is 1. The van der Waals surface area contributed by atoms with Crippen molar-refractivity contribution in [3.63, 3.8) is 0 Å². The lowest BCUT2D eigenvalue weighted by Crippen LogP contribution is -2.47. The fourth-order valence-corrected chi connectivity index (χ4v) is 2.83. The van der Waals surface area contributed by atoms with Crippen LogP contribution in [0.2, 0.25) is 0 Å². The molecule has 0 saturated heterocycles. The highest BCUT2D eigenvalue weighted by atomic mass is 32.2. The molecule has 0 unspecified atom stereocenters. The predicted octanol–water partition coefficient (Wildman–Crippen LogP) is 3.60. The van der Waals surface area contributed by atoms with Crippen LogP contribution in [0.5, 0.6) is 0 Å². The van der Waals surface area contributed by atoms with Crippen molar-refractivity contribution in [3.05, 3.63) is 65.1 Å². The van der Waals surface area contributed by atoms with Gasteiger partial charge in [0, 0.05) is 16.6 Å². The maximum Gasteiger partial charge on any atom is 0.267 e. The molecule has 6 nitrogen and oxygen atoms in total. The lowest BCUT2D eigenvalue weighted by Gasteiger charge is -2.25. The third-order valence-electron chi connectivity index (χ3n) is 4.01. The number of hydrogen-bond acceptors (Lipinski definition) is 5. The Morgan fingerprint density at radius 3 is 2.50 bits per heavy atom. The number of rotatable bonds is 5. The molecule has 26 heavy (non-hydrogen) atoms. The number of anilines is 1. The Morgan fingerprint density at radius 2 is 1.88 bits per heavy atom. The maximum absolute atomic E-state index is 12.8. The van der Waals surface area contributed by atoms with Crippen LogP contribution < -0.4 is 10.9 Å². The summed E-state index contributed by atoms with van der Waals surface area (Å²) in [6.45, 7) is 3.30. The molecule has 134 valence electrons. The predicted molar refractivity (Wildman–Crippen MR) is 102 cm³/mol. The third-order valence-corrected chi connectivity index (χ3v) is 4.75. The molecule has 0 spiro atoms. The van der Waals surface area contributed by atoms with E-state index in [-0.39, 0.29) is 11.5 Å². The molecule has 0 atom stereocenters. The highest BCUT2D eigenvalue weighted by Crippen LogP contribution is 2.21. The van der Waals surface area contributed by atoms with Crippen molar-refractivity contribution in [3.8, 4) is 11.5 Å². The van der Waals surface area contributed by atoms with E-state index in [2.05, 4.69) is 10.4 Å². The number of aromatic nitrogens is 2. The van der Waals surface area contributed by atoms with Crippen LogP contribution in [0.15, 0.2) is 68.9 Å². The van der Waals surface area contributed by atoms with Gasteiger partial charge in [0.25, 0.3) is 11.5 Å². The zero-order valence-corrected chi connectivity index (χ0v) is 15.5. The van der Waals surface area contributed by atoms with Crippen molar-refractivity contribution >= 4 is 23.4 Å². The van der Waals surface area contributed by atoms with Gasteiger partial charge in [0.15, 0.2) is 5.76 Å². The average molecular weight is 369 g/mol. The number of amides is 1. The summed E-state index contributed by atoms with van der Waals surface area (Å²) < 4.78 is 6.50. The van der Waals surface area contributed by atoms with Crippen molar-refractivity contribution in [1.29, 1.82) is 0 Å². The fraction of sp³-hybridized carbons (Fsp3) is 0.211. The number of nitrogens with one attached hydrogen (secondary N) is 1. The first kappa shape index (κ1) is 18.0. The molecule has 0 radical (unpaired) electrons. The van der Waals surface area contributed by atoms with Gasteiger partial charge in [0.2, 0.25) is 0 Å². The maximum atomic E-state index is 12.8. The van der Waals surface area contributed by atoms with E-state index in [1.807, 2.05) is 30.5 Å². The number of thioether (sulfide) groups is 1. The summed E-state index contributed by atoms with van der Waals surface area (Å²) in [6.07, 6.45) is 3.52. The van der Waals surface area contributed by atoms with Crippen LogP contribution >= 0.6 is 11.8 Å². The highest BCUT2D eigenvalue weighted by Gasteiger charge is 2.32. The Bertz CT molecular complexity index is 960. The zero-order valence-electron chi connectivity index (χ0n) is 14.7. The lowest BCUT2D eigenvalue weighted by molar-refractivity contribution is -0.123. The minimum Gasteiger partial charge on any atom is -0.463 e. The van der Waals surface area contributed by atoms with Crippen LogP contribution in [0, 0.1) is 0 Å². The molecule has 3 rings (SSSR count). The lowest BCUT2D eigenvalue weighted by atomic mass is 10.0. The van der Waals surface area contributed by atoms with E-state index >= 15 is 0 Å². The minimum absolute atomic E-state index is 0.333. The number of carbonyl (C=O) groups is 1. The smallest absolute Gasteiger partial charge is 0.267 e. The Balaban J connectivity index is 1.89. The minimum atomic E-state index is -1.18. The summed E-state index contributed by atoms with van der Waals surface area (Å²) in [4.78, 5) is 26.2. The van der Waals surface area contributed by atoms with Gasteiger partial charge in [-0.3, -0.25) is 9.59 Å². The Kier molecular flexibility index (Phi) is 4.99. The summed E-state index contributed by atoms with van der Waals surface area (Å²) in [7, 11) is 0. The molecule has 0 fully saturated rings. The second-order valence-corrected chi connectivity index (χ2v) is 7.07. The molecule has 7 heteroatoms. The van der Waals surface area contributed by atoms with E-state index in [0.29, 0.717) is 17.1 Å². The third kappa shape index (κ3) is 3.57. The number of hydrogen-bond donors (Lipinski definition) is 1. The van der Waals surface area contributed by atoms with Gasteiger partial charge in [0.1, 0.15) is 11.2 Å². The van der Waals surface area contributed by atoms with Gasteiger partial charge in [-0.05, 0) is 62.6 Å². The number of furan rings is 1. The molecular formula is C19H19N3O3S. The van der Waals surface area contributed by atoms with Crippen molar-refractivity contribution in [2.45, 2.75) is 24.3 Å². The summed E-state index contributed by atoms with van der Waals surface area (Å²) in [5.74, 6) is 0.197. The number of nitrogens with zero attached hydrogens (tertiary/aromatic N) is 2.